The summed E-state index contributed by atoms with van der Waals surface area (Å²) in [5, 5.41) is 8.23. The van der Waals surface area contributed by atoms with Crippen molar-refractivity contribution in [3.05, 3.63) is 48.3 Å². The van der Waals surface area contributed by atoms with Gasteiger partial charge in [-0.2, -0.15) is 5.10 Å². The second-order valence-corrected chi connectivity index (χ2v) is 5.68. The molecule has 20 heavy (non-hydrogen) atoms. The lowest BCUT2D eigenvalue weighted by atomic mass is 9.78. The van der Waals surface area contributed by atoms with E-state index in [4.69, 9.17) is 0 Å². The molecular weight excluding hydrogens is 246 g/mol. The zero-order chi connectivity index (χ0) is 13.8. The molecule has 1 aromatic carbocycles. The average molecular weight is 269 g/mol. The Labute approximate surface area is 121 Å². The van der Waals surface area contributed by atoms with Crippen molar-refractivity contribution in [2.75, 3.05) is 6.54 Å². The third-order valence-electron chi connectivity index (χ3n) is 4.22. The van der Waals surface area contributed by atoms with Crippen molar-refractivity contribution in [2.45, 2.75) is 38.6 Å². The molecule has 1 heterocycles. The van der Waals surface area contributed by atoms with E-state index in [1.165, 1.54) is 31.2 Å². The first kappa shape index (κ1) is 13.4. The number of aromatic nitrogens is 2. The Kier molecular flexibility index (Phi) is 4.16. The Morgan fingerprint density at radius 2 is 2.10 bits per heavy atom. The predicted molar refractivity (Wildman–Crippen MR) is 81.9 cm³/mol. The minimum absolute atomic E-state index is 0.473. The maximum Gasteiger partial charge on any atom is 0.0645 e. The van der Waals surface area contributed by atoms with Gasteiger partial charge in [-0.15, -0.1) is 0 Å². The Balaban J connectivity index is 1.79. The maximum atomic E-state index is 4.53. The van der Waals surface area contributed by atoms with Gasteiger partial charge < -0.3 is 5.32 Å². The Bertz CT molecular complexity index is 528. The van der Waals surface area contributed by atoms with E-state index in [-0.39, 0.29) is 0 Å². The van der Waals surface area contributed by atoms with Crippen LogP contribution in [-0.2, 0) is 0 Å². The molecule has 1 aromatic heterocycles. The lowest BCUT2D eigenvalue weighted by Crippen LogP contribution is -2.32. The molecule has 1 N–H and O–H groups in total. The van der Waals surface area contributed by atoms with Gasteiger partial charge in [0.2, 0.25) is 0 Å². The van der Waals surface area contributed by atoms with Gasteiger partial charge in [-0.05, 0) is 43.9 Å². The summed E-state index contributed by atoms with van der Waals surface area (Å²) in [6.45, 7) is 3.30. The second-order valence-electron chi connectivity index (χ2n) is 5.68. The van der Waals surface area contributed by atoms with Crippen molar-refractivity contribution < 1.29 is 0 Å². The van der Waals surface area contributed by atoms with Crippen molar-refractivity contribution in [1.29, 1.82) is 0 Å². The zero-order valence-electron chi connectivity index (χ0n) is 12.1. The van der Waals surface area contributed by atoms with E-state index in [1.807, 2.05) is 16.9 Å². The normalized spacial score (nSPS) is 16.9. The Morgan fingerprint density at radius 3 is 2.75 bits per heavy atom. The summed E-state index contributed by atoms with van der Waals surface area (Å²) >= 11 is 0. The molecule has 0 saturated heterocycles. The fourth-order valence-electron chi connectivity index (χ4n) is 2.85. The number of nitrogens with zero attached hydrogens (tertiary/aromatic N) is 2. The third kappa shape index (κ3) is 2.78. The van der Waals surface area contributed by atoms with Crippen LogP contribution in [0.2, 0.25) is 0 Å². The summed E-state index contributed by atoms with van der Waals surface area (Å²) in [5.41, 5.74) is 2.45. The molecule has 1 aliphatic rings. The first-order chi connectivity index (χ1) is 9.88. The maximum absolute atomic E-state index is 4.53. The lowest BCUT2D eigenvalue weighted by Gasteiger charge is -2.34. The molecular formula is C17H23N3. The van der Waals surface area contributed by atoms with Crippen LogP contribution in [0.3, 0.4) is 0 Å². The minimum atomic E-state index is 0.473. The molecule has 1 aliphatic carbocycles. The van der Waals surface area contributed by atoms with E-state index in [0.717, 1.165) is 18.2 Å². The largest absolute Gasteiger partial charge is 0.310 e. The van der Waals surface area contributed by atoms with Gasteiger partial charge in [0.25, 0.3) is 0 Å². The summed E-state index contributed by atoms with van der Waals surface area (Å²) < 4.78 is 1.98. The van der Waals surface area contributed by atoms with Crippen LogP contribution in [0.4, 0.5) is 0 Å². The summed E-state index contributed by atoms with van der Waals surface area (Å²) in [6.07, 6.45) is 9.45. The molecule has 1 fully saturated rings. The van der Waals surface area contributed by atoms with E-state index >= 15 is 0 Å². The first-order valence-electron chi connectivity index (χ1n) is 7.72. The van der Waals surface area contributed by atoms with E-state index in [1.54, 1.807) is 0 Å². The van der Waals surface area contributed by atoms with Gasteiger partial charge in [0.05, 0.1) is 11.9 Å². The average Bonchev–Trinajstić information content (AvgIpc) is 2.92. The smallest absolute Gasteiger partial charge is 0.0645 e. The highest BCUT2D eigenvalue weighted by molar-refractivity contribution is 5.31. The quantitative estimate of drug-likeness (QED) is 0.866. The highest BCUT2D eigenvalue weighted by Crippen LogP contribution is 2.37. The summed E-state index contributed by atoms with van der Waals surface area (Å²) in [4.78, 5) is 0. The number of nitrogens with one attached hydrogen (secondary N) is 1. The number of rotatable bonds is 6. The monoisotopic (exact) mass is 269 g/mol. The van der Waals surface area contributed by atoms with E-state index in [0.29, 0.717) is 6.04 Å². The summed E-state index contributed by atoms with van der Waals surface area (Å²) in [6, 6.07) is 10.8. The summed E-state index contributed by atoms with van der Waals surface area (Å²) in [5.74, 6) is 0.787. The van der Waals surface area contributed by atoms with Gasteiger partial charge in [-0.3, -0.25) is 0 Å². The van der Waals surface area contributed by atoms with Crippen LogP contribution in [0.1, 0.15) is 44.2 Å². The lowest BCUT2D eigenvalue weighted by molar-refractivity contribution is 0.231. The predicted octanol–water partition coefficient (Wildman–Crippen LogP) is 3.71. The molecule has 3 rings (SSSR count). The molecule has 0 aliphatic heterocycles. The molecule has 106 valence electrons. The fraction of sp³-hybridized carbons (Fsp3) is 0.471. The molecule has 1 saturated carbocycles. The van der Waals surface area contributed by atoms with Crippen LogP contribution < -0.4 is 5.32 Å². The van der Waals surface area contributed by atoms with Crippen molar-refractivity contribution in [3.63, 3.8) is 0 Å². The molecule has 2 aromatic rings. The van der Waals surface area contributed by atoms with E-state index in [2.05, 4.69) is 47.8 Å². The van der Waals surface area contributed by atoms with Crippen molar-refractivity contribution in [1.82, 2.24) is 15.1 Å². The molecule has 0 bridgehead atoms. The topological polar surface area (TPSA) is 29.9 Å². The first-order valence-corrected chi connectivity index (χ1v) is 7.72. The highest BCUT2D eigenvalue weighted by atomic mass is 15.3. The summed E-state index contributed by atoms with van der Waals surface area (Å²) in [7, 11) is 0. The van der Waals surface area contributed by atoms with E-state index < -0.39 is 0 Å². The van der Waals surface area contributed by atoms with Crippen LogP contribution >= 0.6 is 0 Å². The number of hydrogen-bond donors (Lipinski definition) is 1. The fourth-order valence-corrected chi connectivity index (χ4v) is 2.85. The zero-order valence-corrected chi connectivity index (χ0v) is 12.1. The van der Waals surface area contributed by atoms with Crippen LogP contribution in [0, 0.1) is 5.92 Å². The number of para-hydroxylation sites is 1. The van der Waals surface area contributed by atoms with Crippen LogP contribution in [0.25, 0.3) is 5.69 Å². The molecule has 1 atom stereocenters. The van der Waals surface area contributed by atoms with Crippen molar-refractivity contribution in [3.8, 4) is 5.69 Å². The van der Waals surface area contributed by atoms with Gasteiger partial charge in [0.1, 0.15) is 0 Å². The van der Waals surface area contributed by atoms with Crippen LogP contribution in [0.15, 0.2) is 42.7 Å². The standard InChI is InChI=1S/C17H23N3/c1-2-11-18-17(14-7-6-8-14)15-12-19-20(13-15)16-9-4-3-5-10-16/h3-5,9-10,12-14,17-18H,2,6-8,11H2,1H3. The van der Waals surface area contributed by atoms with Gasteiger partial charge in [-0.1, -0.05) is 31.5 Å². The minimum Gasteiger partial charge on any atom is -0.310 e. The van der Waals surface area contributed by atoms with Gasteiger partial charge in [-0.25, -0.2) is 4.68 Å². The third-order valence-corrected chi connectivity index (χ3v) is 4.22. The SMILES string of the molecule is CCCNC(c1cnn(-c2ccccc2)c1)C1CCC1. The van der Waals surface area contributed by atoms with E-state index in [9.17, 15) is 0 Å². The number of hydrogen-bond acceptors (Lipinski definition) is 2. The van der Waals surface area contributed by atoms with Crippen molar-refractivity contribution in [2.24, 2.45) is 5.92 Å². The van der Waals surface area contributed by atoms with Gasteiger partial charge >= 0.3 is 0 Å². The molecule has 1 unspecified atom stereocenters. The van der Waals surface area contributed by atoms with Crippen LogP contribution in [-0.4, -0.2) is 16.3 Å². The molecule has 3 nitrogen and oxygen atoms in total. The Morgan fingerprint density at radius 1 is 1.30 bits per heavy atom. The highest BCUT2D eigenvalue weighted by Gasteiger charge is 2.28. The molecule has 3 heteroatoms. The molecule has 0 radical (unpaired) electrons. The molecule has 0 spiro atoms. The van der Waals surface area contributed by atoms with Crippen LogP contribution in [0.5, 0.6) is 0 Å². The number of benzene rings is 1. The van der Waals surface area contributed by atoms with Crippen molar-refractivity contribution >= 4 is 0 Å². The second kappa shape index (κ2) is 6.23. The molecule has 0 amide bonds. The van der Waals surface area contributed by atoms with Gasteiger partial charge in [0, 0.05) is 17.8 Å². The Hall–Kier alpha value is -1.61. The van der Waals surface area contributed by atoms with Gasteiger partial charge in [0.15, 0.2) is 0 Å².